The largest absolute Gasteiger partial charge is 0.478 e. The minimum atomic E-state index is -0.905. The predicted octanol–water partition coefficient (Wildman–Crippen LogP) is 4.05. The Morgan fingerprint density at radius 1 is 1.20 bits per heavy atom. The number of benzene rings is 2. The maximum Gasteiger partial charge on any atom is 0.335 e. The maximum absolute atomic E-state index is 10.9. The van der Waals surface area contributed by atoms with Crippen LogP contribution in [0.15, 0.2) is 55.2 Å². The molecule has 1 aromatic heterocycles. The average molecular weight is 332 g/mol. The van der Waals surface area contributed by atoms with Gasteiger partial charge in [-0.25, -0.2) is 4.79 Å². The normalized spacial score (nSPS) is 13.0. The molecule has 0 saturated carbocycles. The summed E-state index contributed by atoms with van der Waals surface area (Å²) in [6.45, 7) is 5.88. The molecule has 0 unspecified atom stereocenters. The molecule has 0 saturated heterocycles. The van der Waals surface area contributed by atoms with E-state index in [0.29, 0.717) is 12.1 Å². The molecule has 2 aromatic carbocycles. The van der Waals surface area contributed by atoms with E-state index >= 15 is 0 Å². The summed E-state index contributed by atoms with van der Waals surface area (Å²) in [5, 5.41) is 13.6. The van der Waals surface area contributed by atoms with Gasteiger partial charge in [0, 0.05) is 35.9 Å². The SMILES string of the molecule is C=C(NCc1ccc(C(=O)O)cc1)c1cn2c3c(cccc13)CCC2. The molecule has 0 aliphatic carbocycles. The number of nitrogens with zero attached hydrogens (tertiary/aromatic N) is 1. The topological polar surface area (TPSA) is 54.3 Å². The number of carbonyl (C=O) groups is 1. The maximum atomic E-state index is 10.9. The molecule has 4 nitrogen and oxygen atoms in total. The monoisotopic (exact) mass is 332 g/mol. The van der Waals surface area contributed by atoms with Crippen molar-refractivity contribution in [2.75, 3.05) is 0 Å². The van der Waals surface area contributed by atoms with E-state index in [4.69, 9.17) is 5.11 Å². The first kappa shape index (κ1) is 15.5. The standard InChI is InChI=1S/C21H20N2O2/c1-14(22-12-15-7-9-17(10-8-15)21(24)25)19-13-23-11-3-5-16-4-2-6-18(19)20(16)23/h2,4,6-10,13,22H,1,3,5,11-12H2,(H,24,25). The second kappa shape index (κ2) is 6.13. The summed E-state index contributed by atoms with van der Waals surface area (Å²) < 4.78 is 2.33. The zero-order chi connectivity index (χ0) is 17.4. The predicted molar refractivity (Wildman–Crippen MR) is 99.5 cm³/mol. The molecular formula is C21H20N2O2. The molecule has 1 aliphatic rings. The fourth-order valence-corrected chi connectivity index (χ4v) is 3.57. The molecule has 2 N–H and O–H groups in total. The van der Waals surface area contributed by atoms with Gasteiger partial charge in [-0.1, -0.05) is 36.9 Å². The zero-order valence-corrected chi connectivity index (χ0v) is 14.0. The number of rotatable bonds is 5. The van der Waals surface area contributed by atoms with E-state index in [9.17, 15) is 4.79 Å². The summed E-state index contributed by atoms with van der Waals surface area (Å²) >= 11 is 0. The summed E-state index contributed by atoms with van der Waals surface area (Å²) in [7, 11) is 0. The lowest BCUT2D eigenvalue weighted by atomic mass is 10.0. The molecule has 3 aromatic rings. The molecule has 2 heterocycles. The van der Waals surface area contributed by atoms with Crippen LogP contribution in [0, 0.1) is 0 Å². The minimum Gasteiger partial charge on any atom is -0.478 e. The number of hydrogen-bond donors (Lipinski definition) is 2. The molecule has 25 heavy (non-hydrogen) atoms. The van der Waals surface area contributed by atoms with Gasteiger partial charge in [-0.05, 0) is 36.1 Å². The van der Waals surface area contributed by atoms with Gasteiger partial charge in [-0.2, -0.15) is 0 Å². The van der Waals surface area contributed by atoms with Gasteiger partial charge in [0.05, 0.1) is 11.1 Å². The molecule has 1 aliphatic heterocycles. The second-order valence-corrected chi connectivity index (χ2v) is 6.49. The number of aromatic carboxylic acids is 1. The van der Waals surface area contributed by atoms with Crippen molar-refractivity contribution in [3.05, 3.63) is 77.5 Å². The highest BCUT2D eigenvalue weighted by molar-refractivity contribution is 5.94. The first-order chi connectivity index (χ1) is 12.1. The van der Waals surface area contributed by atoms with Crippen LogP contribution in [0.2, 0.25) is 0 Å². The Hall–Kier alpha value is -3.01. The van der Waals surface area contributed by atoms with Crippen LogP contribution in [-0.2, 0) is 19.5 Å². The third-order valence-electron chi connectivity index (χ3n) is 4.86. The molecular weight excluding hydrogens is 312 g/mol. The number of carboxylic acid groups (broad SMARTS) is 1. The Balaban J connectivity index is 1.55. The summed E-state index contributed by atoms with van der Waals surface area (Å²) in [6, 6.07) is 13.4. The van der Waals surface area contributed by atoms with Crippen LogP contribution in [0.5, 0.6) is 0 Å². The Kier molecular flexibility index (Phi) is 3.80. The Morgan fingerprint density at radius 3 is 2.76 bits per heavy atom. The Morgan fingerprint density at radius 2 is 2.00 bits per heavy atom. The van der Waals surface area contributed by atoms with Crippen LogP contribution in [0.4, 0.5) is 0 Å². The van der Waals surface area contributed by atoms with Gasteiger partial charge in [0.2, 0.25) is 0 Å². The Labute approximate surface area is 146 Å². The number of nitrogens with one attached hydrogen (secondary N) is 1. The highest BCUT2D eigenvalue weighted by Gasteiger charge is 2.17. The molecule has 0 bridgehead atoms. The lowest BCUT2D eigenvalue weighted by molar-refractivity contribution is 0.0697. The van der Waals surface area contributed by atoms with Crippen molar-refractivity contribution in [1.82, 2.24) is 9.88 Å². The van der Waals surface area contributed by atoms with Crippen molar-refractivity contribution in [3.8, 4) is 0 Å². The highest BCUT2D eigenvalue weighted by Crippen LogP contribution is 2.31. The van der Waals surface area contributed by atoms with Gasteiger partial charge in [-0.3, -0.25) is 0 Å². The minimum absolute atomic E-state index is 0.302. The fourth-order valence-electron chi connectivity index (χ4n) is 3.57. The summed E-state index contributed by atoms with van der Waals surface area (Å²) in [4.78, 5) is 10.9. The van der Waals surface area contributed by atoms with E-state index in [1.807, 2.05) is 12.1 Å². The number of carboxylic acids is 1. The van der Waals surface area contributed by atoms with Gasteiger partial charge in [0.1, 0.15) is 0 Å². The number of para-hydroxylation sites is 1. The van der Waals surface area contributed by atoms with E-state index in [0.717, 1.165) is 29.8 Å². The molecule has 4 rings (SSSR count). The molecule has 126 valence electrons. The lowest BCUT2D eigenvalue weighted by Crippen LogP contribution is -2.11. The van der Waals surface area contributed by atoms with Crippen LogP contribution in [0.25, 0.3) is 16.6 Å². The smallest absolute Gasteiger partial charge is 0.335 e. The van der Waals surface area contributed by atoms with Crippen LogP contribution in [0.3, 0.4) is 0 Å². The van der Waals surface area contributed by atoms with Crippen molar-refractivity contribution in [2.24, 2.45) is 0 Å². The lowest BCUT2D eigenvalue weighted by Gasteiger charge is -2.14. The second-order valence-electron chi connectivity index (χ2n) is 6.49. The molecule has 0 fully saturated rings. The highest BCUT2D eigenvalue weighted by atomic mass is 16.4. The number of aromatic nitrogens is 1. The Bertz CT molecular complexity index is 967. The van der Waals surface area contributed by atoms with Crippen molar-refractivity contribution in [2.45, 2.75) is 25.9 Å². The molecule has 0 amide bonds. The van der Waals surface area contributed by atoms with E-state index in [1.165, 1.54) is 22.9 Å². The van der Waals surface area contributed by atoms with E-state index in [1.54, 1.807) is 12.1 Å². The summed E-state index contributed by atoms with van der Waals surface area (Å²) in [6.07, 6.45) is 4.50. The van der Waals surface area contributed by atoms with Gasteiger partial charge >= 0.3 is 5.97 Å². The quantitative estimate of drug-likeness (QED) is 0.741. The van der Waals surface area contributed by atoms with Crippen molar-refractivity contribution in [3.63, 3.8) is 0 Å². The van der Waals surface area contributed by atoms with E-state index in [2.05, 4.69) is 40.9 Å². The van der Waals surface area contributed by atoms with Crippen LogP contribution < -0.4 is 5.32 Å². The summed E-state index contributed by atoms with van der Waals surface area (Å²) in [5.74, 6) is -0.905. The number of hydrogen-bond acceptors (Lipinski definition) is 2. The van der Waals surface area contributed by atoms with Crippen molar-refractivity contribution < 1.29 is 9.90 Å². The van der Waals surface area contributed by atoms with Gasteiger partial charge < -0.3 is 15.0 Å². The third-order valence-corrected chi connectivity index (χ3v) is 4.86. The van der Waals surface area contributed by atoms with E-state index in [-0.39, 0.29) is 0 Å². The van der Waals surface area contributed by atoms with Gasteiger partial charge in [-0.15, -0.1) is 0 Å². The average Bonchev–Trinajstić information content (AvgIpc) is 3.01. The van der Waals surface area contributed by atoms with Crippen LogP contribution in [0.1, 0.15) is 33.5 Å². The van der Waals surface area contributed by atoms with E-state index < -0.39 is 5.97 Å². The van der Waals surface area contributed by atoms with Crippen molar-refractivity contribution in [1.29, 1.82) is 0 Å². The molecule has 4 heteroatoms. The van der Waals surface area contributed by atoms with Crippen LogP contribution >= 0.6 is 0 Å². The van der Waals surface area contributed by atoms with Crippen LogP contribution in [-0.4, -0.2) is 15.6 Å². The zero-order valence-electron chi connectivity index (χ0n) is 14.0. The van der Waals surface area contributed by atoms with Gasteiger partial charge in [0.15, 0.2) is 0 Å². The first-order valence-corrected chi connectivity index (χ1v) is 8.49. The van der Waals surface area contributed by atoms with Crippen molar-refractivity contribution >= 4 is 22.6 Å². The number of aryl methyl sites for hydroxylation is 2. The molecule has 0 radical (unpaired) electrons. The molecule has 0 spiro atoms. The fraction of sp³-hybridized carbons (Fsp3) is 0.190. The summed E-state index contributed by atoms with van der Waals surface area (Å²) in [5.41, 5.74) is 6.10. The molecule has 0 atom stereocenters. The van der Waals surface area contributed by atoms with Gasteiger partial charge in [0.25, 0.3) is 0 Å². The first-order valence-electron chi connectivity index (χ1n) is 8.49. The third kappa shape index (κ3) is 2.80.